The Labute approximate surface area is 116 Å². The van der Waals surface area contributed by atoms with Crippen molar-refractivity contribution in [1.29, 1.82) is 5.26 Å². The van der Waals surface area contributed by atoms with Gasteiger partial charge in [0.25, 0.3) is 0 Å². The normalized spacial score (nSPS) is 9.80. The Morgan fingerprint density at radius 3 is 2.75 bits per heavy atom. The van der Waals surface area contributed by atoms with Crippen LogP contribution in [0, 0.1) is 11.3 Å². The van der Waals surface area contributed by atoms with Crippen LogP contribution in [0.5, 0.6) is 11.5 Å². The lowest BCUT2D eigenvalue weighted by molar-refractivity contribution is 0.109. The van der Waals surface area contributed by atoms with Crippen molar-refractivity contribution in [2.45, 2.75) is 13.5 Å². The second kappa shape index (κ2) is 6.43. The van der Waals surface area contributed by atoms with Gasteiger partial charge in [0.05, 0.1) is 18.2 Å². The smallest absolute Gasteiger partial charge is 0.185 e. The third kappa shape index (κ3) is 3.18. The molecule has 5 nitrogen and oxygen atoms in total. The molecule has 0 saturated carbocycles. The number of carbonyl (C=O) groups is 1. The summed E-state index contributed by atoms with van der Waals surface area (Å²) in [6, 6.07) is 10.2. The molecule has 0 spiro atoms. The second-order valence-corrected chi connectivity index (χ2v) is 3.92. The SMILES string of the molecule is CCOc1cc(C#N)ccc1OCc1ccc(C=O)o1. The average Bonchev–Trinajstić information content (AvgIpc) is 2.94. The number of nitrogens with zero attached hydrogens (tertiary/aromatic N) is 1. The molecule has 1 aromatic carbocycles. The molecule has 0 aliphatic heterocycles. The van der Waals surface area contributed by atoms with E-state index < -0.39 is 0 Å². The monoisotopic (exact) mass is 271 g/mol. The van der Waals surface area contributed by atoms with Crippen LogP contribution in [-0.4, -0.2) is 12.9 Å². The van der Waals surface area contributed by atoms with E-state index in [4.69, 9.17) is 19.2 Å². The first-order valence-electron chi connectivity index (χ1n) is 6.10. The summed E-state index contributed by atoms with van der Waals surface area (Å²) in [6.45, 7) is 2.51. The molecule has 20 heavy (non-hydrogen) atoms. The third-order valence-electron chi connectivity index (χ3n) is 2.54. The molecule has 1 heterocycles. The Balaban J connectivity index is 2.12. The van der Waals surface area contributed by atoms with E-state index in [1.807, 2.05) is 13.0 Å². The van der Waals surface area contributed by atoms with E-state index in [1.165, 1.54) is 0 Å². The molecule has 5 heteroatoms. The van der Waals surface area contributed by atoms with Crippen LogP contribution in [0.2, 0.25) is 0 Å². The van der Waals surface area contributed by atoms with Gasteiger partial charge in [0.2, 0.25) is 0 Å². The van der Waals surface area contributed by atoms with Crippen LogP contribution in [0.4, 0.5) is 0 Å². The fourth-order valence-corrected chi connectivity index (χ4v) is 1.65. The van der Waals surface area contributed by atoms with Gasteiger partial charge >= 0.3 is 0 Å². The molecular weight excluding hydrogens is 258 g/mol. The van der Waals surface area contributed by atoms with Gasteiger partial charge in [-0.25, -0.2) is 0 Å². The zero-order valence-electron chi connectivity index (χ0n) is 11.0. The summed E-state index contributed by atoms with van der Waals surface area (Å²) in [5, 5.41) is 8.86. The Morgan fingerprint density at radius 1 is 1.25 bits per heavy atom. The Hall–Kier alpha value is -2.74. The van der Waals surface area contributed by atoms with Crippen molar-refractivity contribution in [1.82, 2.24) is 0 Å². The first-order chi connectivity index (χ1) is 9.76. The lowest BCUT2D eigenvalue weighted by Crippen LogP contribution is -1.99. The van der Waals surface area contributed by atoms with Gasteiger partial charge < -0.3 is 13.9 Å². The summed E-state index contributed by atoms with van der Waals surface area (Å²) in [5.74, 6) is 1.83. The minimum atomic E-state index is 0.180. The number of aldehydes is 1. The number of hydrogen-bond acceptors (Lipinski definition) is 5. The van der Waals surface area contributed by atoms with E-state index in [2.05, 4.69) is 0 Å². The number of nitriles is 1. The Morgan fingerprint density at radius 2 is 2.10 bits per heavy atom. The fraction of sp³-hybridized carbons (Fsp3) is 0.200. The summed E-state index contributed by atoms with van der Waals surface area (Å²) < 4.78 is 16.2. The molecule has 0 N–H and O–H groups in total. The van der Waals surface area contributed by atoms with Gasteiger partial charge in [0.15, 0.2) is 23.5 Å². The summed E-state index contributed by atoms with van der Waals surface area (Å²) in [7, 11) is 0. The number of hydrogen-bond donors (Lipinski definition) is 0. The summed E-state index contributed by atoms with van der Waals surface area (Å²) in [5.41, 5.74) is 0.502. The maximum Gasteiger partial charge on any atom is 0.185 e. The highest BCUT2D eigenvalue weighted by Crippen LogP contribution is 2.29. The first-order valence-corrected chi connectivity index (χ1v) is 6.10. The van der Waals surface area contributed by atoms with E-state index in [0.29, 0.717) is 35.7 Å². The van der Waals surface area contributed by atoms with Crippen LogP contribution in [0.1, 0.15) is 28.8 Å². The molecule has 0 unspecified atom stereocenters. The van der Waals surface area contributed by atoms with E-state index in [9.17, 15) is 4.79 Å². The minimum absolute atomic E-state index is 0.180. The maximum absolute atomic E-state index is 10.5. The molecule has 0 saturated heterocycles. The molecule has 0 aliphatic rings. The van der Waals surface area contributed by atoms with Gasteiger partial charge in [-0.3, -0.25) is 4.79 Å². The molecule has 0 bridgehead atoms. The topological polar surface area (TPSA) is 72.5 Å². The van der Waals surface area contributed by atoms with E-state index >= 15 is 0 Å². The Bertz CT molecular complexity index is 640. The molecule has 0 fully saturated rings. The first kappa shape index (κ1) is 13.7. The van der Waals surface area contributed by atoms with Gasteiger partial charge in [0.1, 0.15) is 12.4 Å². The van der Waals surface area contributed by atoms with Crippen molar-refractivity contribution in [3.63, 3.8) is 0 Å². The quantitative estimate of drug-likeness (QED) is 0.755. The second-order valence-electron chi connectivity index (χ2n) is 3.92. The zero-order valence-corrected chi connectivity index (χ0v) is 11.0. The lowest BCUT2D eigenvalue weighted by atomic mass is 10.2. The van der Waals surface area contributed by atoms with E-state index in [-0.39, 0.29) is 12.4 Å². The minimum Gasteiger partial charge on any atom is -0.490 e. The molecule has 0 amide bonds. The highest BCUT2D eigenvalue weighted by atomic mass is 16.5. The van der Waals surface area contributed by atoms with Crippen LogP contribution < -0.4 is 9.47 Å². The van der Waals surface area contributed by atoms with Crippen LogP contribution >= 0.6 is 0 Å². The van der Waals surface area contributed by atoms with Crippen molar-refractivity contribution in [2.24, 2.45) is 0 Å². The summed E-state index contributed by atoms with van der Waals surface area (Å²) in [4.78, 5) is 10.5. The van der Waals surface area contributed by atoms with Gasteiger partial charge in [-0.1, -0.05) is 0 Å². The average molecular weight is 271 g/mol. The van der Waals surface area contributed by atoms with Gasteiger partial charge in [-0.15, -0.1) is 0 Å². The molecule has 0 aliphatic carbocycles. The lowest BCUT2D eigenvalue weighted by Gasteiger charge is -2.11. The molecule has 2 rings (SSSR count). The van der Waals surface area contributed by atoms with Crippen molar-refractivity contribution in [3.05, 3.63) is 47.4 Å². The van der Waals surface area contributed by atoms with Gasteiger partial charge in [-0.05, 0) is 31.2 Å². The predicted octanol–water partition coefficient (Wildman–Crippen LogP) is 2.94. The van der Waals surface area contributed by atoms with Gasteiger partial charge in [-0.2, -0.15) is 5.26 Å². The van der Waals surface area contributed by atoms with Crippen LogP contribution in [0.3, 0.4) is 0 Å². The van der Waals surface area contributed by atoms with Crippen LogP contribution in [0.25, 0.3) is 0 Å². The largest absolute Gasteiger partial charge is 0.490 e. The van der Waals surface area contributed by atoms with Crippen LogP contribution in [-0.2, 0) is 6.61 Å². The summed E-state index contributed by atoms with van der Waals surface area (Å²) in [6.07, 6.45) is 0.636. The summed E-state index contributed by atoms with van der Waals surface area (Å²) >= 11 is 0. The number of furan rings is 1. The molecule has 102 valence electrons. The standard InChI is InChI=1S/C15H13NO4/c1-2-18-15-7-11(8-16)3-6-14(15)19-10-13-5-4-12(9-17)20-13/h3-7,9H,2,10H2,1H3. The van der Waals surface area contributed by atoms with Gasteiger partial charge in [0, 0.05) is 6.07 Å². The number of carbonyl (C=O) groups excluding carboxylic acids is 1. The molecule has 2 aromatic rings. The van der Waals surface area contributed by atoms with E-state index in [0.717, 1.165) is 0 Å². The van der Waals surface area contributed by atoms with E-state index in [1.54, 1.807) is 30.3 Å². The predicted molar refractivity (Wildman–Crippen MR) is 70.8 cm³/mol. The highest BCUT2D eigenvalue weighted by Gasteiger charge is 2.08. The maximum atomic E-state index is 10.5. The molecule has 0 radical (unpaired) electrons. The molecule has 1 aromatic heterocycles. The fourth-order valence-electron chi connectivity index (χ4n) is 1.65. The third-order valence-corrected chi connectivity index (χ3v) is 2.54. The zero-order chi connectivity index (χ0) is 14.4. The van der Waals surface area contributed by atoms with Crippen molar-refractivity contribution in [2.75, 3.05) is 6.61 Å². The number of ether oxygens (including phenoxy) is 2. The number of rotatable bonds is 6. The molecular formula is C15H13NO4. The Kier molecular flexibility index (Phi) is 4.40. The van der Waals surface area contributed by atoms with Crippen molar-refractivity contribution in [3.8, 4) is 17.6 Å². The highest BCUT2D eigenvalue weighted by molar-refractivity contribution is 5.70. The number of benzene rings is 1. The van der Waals surface area contributed by atoms with Crippen molar-refractivity contribution >= 4 is 6.29 Å². The van der Waals surface area contributed by atoms with Crippen molar-refractivity contribution < 1.29 is 18.7 Å². The van der Waals surface area contributed by atoms with Crippen LogP contribution in [0.15, 0.2) is 34.7 Å². The molecule has 0 atom stereocenters.